The number of carbonyl (C=O) groups excluding carboxylic acids is 2. The highest BCUT2D eigenvalue weighted by Crippen LogP contribution is 2.16. The van der Waals surface area contributed by atoms with E-state index in [-0.39, 0.29) is 13.2 Å². The summed E-state index contributed by atoms with van der Waals surface area (Å²) in [4.78, 5) is 23.9. The second-order valence-corrected chi connectivity index (χ2v) is 7.06. The van der Waals surface area contributed by atoms with Crippen LogP contribution in [0.4, 0.5) is 0 Å². The summed E-state index contributed by atoms with van der Waals surface area (Å²) in [6.07, 6.45) is 6.88. The summed E-state index contributed by atoms with van der Waals surface area (Å²) in [6, 6.07) is 18.2. The van der Waals surface area contributed by atoms with E-state index in [9.17, 15) is 9.59 Å². The lowest BCUT2D eigenvalue weighted by Gasteiger charge is -2.13. The number of hydrogen-bond acceptors (Lipinski definition) is 5. The van der Waals surface area contributed by atoms with Crippen LogP contribution >= 0.6 is 0 Å². The van der Waals surface area contributed by atoms with Gasteiger partial charge in [-0.1, -0.05) is 54.6 Å². The van der Waals surface area contributed by atoms with Crippen LogP contribution in [0.1, 0.15) is 44.2 Å². The lowest BCUT2D eigenvalue weighted by Crippen LogP contribution is -2.28. The summed E-state index contributed by atoms with van der Waals surface area (Å²) >= 11 is 0. The SMILES string of the molecule is CCOC(=O)C(CCC=CCCc1ccc(OCc2ccccc2)cc1)C(=O)OCC. The number of ether oxygens (including phenoxy) is 3. The molecule has 5 heteroatoms. The number of esters is 2. The van der Waals surface area contributed by atoms with E-state index in [1.807, 2.05) is 48.5 Å². The zero-order valence-electron chi connectivity index (χ0n) is 18.4. The third-order valence-electron chi connectivity index (χ3n) is 4.70. The average molecular weight is 425 g/mol. The van der Waals surface area contributed by atoms with Gasteiger partial charge in [0.2, 0.25) is 0 Å². The van der Waals surface area contributed by atoms with Crippen LogP contribution in [0.15, 0.2) is 66.7 Å². The van der Waals surface area contributed by atoms with Crippen molar-refractivity contribution in [2.24, 2.45) is 5.92 Å². The van der Waals surface area contributed by atoms with Crippen molar-refractivity contribution in [1.82, 2.24) is 0 Å². The predicted octanol–water partition coefficient (Wildman–Crippen LogP) is 5.28. The fourth-order valence-electron chi connectivity index (χ4n) is 3.06. The molecule has 31 heavy (non-hydrogen) atoms. The van der Waals surface area contributed by atoms with Crippen molar-refractivity contribution in [1.29, 1.82) is 0 Å². The molecule has 0 saturated heterocycles. The topological polar surface area (TPSA) is 61.8 Å². The Bertz CT molecular complexity index is 793. The fourth-order valence-corrected chi connectivity index (χ4v) is 3.06. The first-order chi connectivity index (χ1) is 15.1. The van der Waals surface area contributed by atoms with Crippen LogP contribution in [0.2, 0.25) is 0 Å². The molecule has 0 heterocycles. The largest absolute Gasteiger partial charge is 0.489 e. The molecule has 0 aliphatic carbocycles. The molecule has 2 aromatic carbocycles. The van der Waals surface area contributed by atoms with Crippen molar-refractivity contribution in [2.45, 2.75) is 46.1 Å². The second kappa shape index (κ2) is 14.0. The molecule has 0 atom stereocenters. The first-order valence-electron chi connectivity index (χ1n) is 10.9. The van der Waals surface area contributed by atoms with Gasteiger partial charge in [0, 0.05) is 0 Å². The van der Waals surface area contributed by atoms with Gasteiger partial charge < -0.3 is 14.2 Å². The van der Waals surface area contributed by atoms with E-state index in [1.165, 1.54) is 5.56 Å². The first kappa shape index (κ1) is 24.2. The molecule has 0 bridgehead atoms. The van der Waals surface area contributed by atoms with Gasteiger partial charge in [0.15, 0.2) is 5.92 Å². The lowest BCUT2D eigenvalue weighted by atomic mass is 10.0. The highest BCUT2D eigenvalue weighted by Gasteiger charge is 2.28. The zero-order chi connectivity index (χ0) is 22.3. The van der Waals surface area contributed by atoms with Crippen LogP contribution in [0.25, 0.3) is 0 Å². The van der Waals surface area contributed by atoms with Crippen molar-refractivity contribution in [3.05, 3.63) is 77.9 Å². The molecule has 0 aliphatic heterocycles. The summed E-state index contributed by atoms with van der Waals surface area (Å²) in [5.74, 6) is -1.02. The molecule has 0 radical (unpaired) electrons. The molecule has 5 nitrogen and oxygen atoms in total. The Balaban J connectivity index is 1.71. The van der Waals surface area contributed by atoms with E-state index in [4.69, 9.17) is 14.2 Å². The maximum absolute atomic E-state index is 12.0. The monoisotopic (exact) mass is 424 g/mol. The van der Waals surface area contributed by atoms with Crippen molar-refractivity contribution < 1.29 is 23.8 Å². The molecule has 0 fully saturated rings. The molecule has 166 valence electrons. The highest BCUT2D eigenvalue weighted by atomic mass is 16.6. The van der Waals surface area contributed by atoms with Gasteiger partial charge in [0.25, 0.3) is 0 Å². The molecular formula is C26H32O5. The van der Waals surface area contributed by atoms with Gasteiger partial charge in [0.05, 0.1) is 13.2 Å². The molecule has 0 spiro atoms. The smallest absolute Gasteiger partial charge is 0.320 e. The predicted molar refractivity (Wildman–Crippen MR) is 121 cm³/mol. The summed E-state index contributed by atoms with van der Waals surface area (Å²) in [5, 5.41) is 0. The molecule has 0 saturated carbocycles. The number of carbonyl (C=O) groups is 2. The van der Waals surface area contributed by atoms with Gasteiger partial charge in [-0.3, -0.25) is 9.59 Å². The Labute approximate surface area is 185 Å². The minimum Gasteiger partial charge on any atom is -0.489 e. The summed E-state index contributed by atoms with van der Waals surface area (Å²) in [6.45, 7) is 4.51. The summed E-state index contributed by atoms with van der Waals surface area (Å²) < 4.78 is 15.8. The number of aryl methyl sites for hydroxylation is 1. The Hall–Kier alpha value is -3.08. The molecule has 0 unspecified atom stereocenters. The number of rotatable bonds is 13. The van der Waals surface area contributed by atoms with Crippen LogP contribution < -0.4 is 4.74 Å². The van der Waals surface area contributed by atoms with Crippen LogP contribution in [0.5, 0.6) is 5.75 Å². The molecular weight excluding hydrogens is 392 g/mol. The number of benzene rings is 2. The van der Waals surface area contributed by atoms with Crippen molar-refractivity contribution in [2.75, 3.05) is 13.2 Å². The van der Waals surface area contributed by atoms with Gasteiger partial charge >= 0.3 is 11.9 Å². The third-order valence-corrected chi connectivity index (χ3v) is 4.70. The first-order valence-corrected chi connectivity index (χ1v) is 10.9. The molecule has 0 aromatic heterocycles. The number of allylic oxidation sites excluding steroid dienone is 2. The molecule has 0 amide bonds. The highest BCUT2D eigenvalue weighted by molar-refractivity contribution is 5.94. The lowest BCUT2D eigenvalue weighted by molar-refractivity contribution is -0.161. The van der Waals surface area contributed by atoms with Gasteiger partial charge in [0.1, 0.15) is 12.4 Å². The van der Waals surface area contributed by atoms with E-state index in [1.54, 1.807) is 13.8 Å². The Morgan fingerprint density at radius 2 is 1.42 bits per heavy atom. The quantitative estimate of drug-likeness (QED) is 0.249. The van der Waals surface area contributed by atoms with E-state index in [0.717, 1.165) is 24.2 Å². The molecule has 2 rings (SSSR count). The van der Waals surface area contributed by atoms with Gasteiger partial charge in [-0.25, -0.2) is 0 Å². The molecule has 2 aromatic rings. The minimum atomic E-state index is -0.854. The van der Waals surface area contributed by atoms with Crippen LogP contribution in [0.3, 0.4) is 0 Å². The minimum absolute atomic E-state index is 0.251. The van der Waals surface area contributed by atoms with Gasteiger partial charge in [-0.15, -0.1) is 0 Å². The Morgan fingerprint density at radius 3 is 2.03 bits per heavy atom. The summed E-state index contributed by atoms with van der Waals surface area (Å²) in [7, 11) is 0. The van der Waals surface area contributed by atoms with Crippen LogP contribution in [-0.4, -0.2) is 25.2 Å². The summed E-state index contributed by atoms with van der Waals surface area (Å²) in [5.41, 5.74) is 2.37. The molecule has 0 N–H and O–H groups in total. The van der Waals surface area contributed by atoms with Crippen molar-refractivity contribution in [3.8, 4) is 5.75 Å². The van der Waals surface area contributed by atoms with Gasteiger partial charge in [-0.05, 0) is 62.8 Å². The molecule has 0 aliphatic rings. The van der Waals surface area contributed by atoms with Crippen LogP contribution in [0, 0.1) is 5.92 Å². The van der Waals surface area contributed by atoms with Gasteiger partial charge in [-0.2, -0.15) is 0 Å². The second-order valence-electron chi connectivity index (χ2n) is 7.06. The average Bonchev–Trinajstić information content (AvgIpc) is 2.79. The third kappa shape index (κ3) is 9.08. The van der Waals surface area contributed by atoms with Crippen LogP contribution in [-0.2, 0) is 32.1 Å². The van der Waals surface area contributed by atoms with E-state index < -0.39 is 17.9 Å². The Kier molecular flexibility index (Phi) is 10.9. The van der Waals surface area contributed by atoms with Crippen molar-refractivity contribution >= 4 is 11.9 Å². The normalized spacial score (nSPS) is 10.9. The van der Waals surface area contributed by atoms with E-state index in [2.05, 4.69) is 18.2 Å². The Morgan fingerprint density at radius 1 is 0.806 bits per heavy atom. The maximum atomic E-state index is 12.0. The van der Waals surface area contributed by atoms with E-state index in [0.29, 0.717) is 19.4 Å². The standard InChI is InChI=1S/C26H32O5/c1-3-29-25(27)24(26(28)30-4-2)15-11-6-5-8-12-21-16-18-23(19-17-21)31-20-22-13-9-7-10-14-22/h5-7,9-10,13-14,16-19,24H,3-4,8,11-12,15,20H2,1-2H3. The fraction of sp³-hybridized carbons (Fsp3) is 0.385. The maximum Gasteiger partial charge on any atom is 0.320 e. The van der Waals surface area contributed by atoms with Crippen molar-refractivity contribution in [3.63, 3.8) is 0 Å². The van der Waals surface area contributed by atoms with E-state index >= 15 is 0 Å². The zero-order valence-corrected chi connectivity index (χ0v) is 18.4. The number of hydrogen-bond donors (Lipinski definition) is 0.